The van der Waals surface area contributed by atoms with Crippen molar-refractivity contribution in [3.8, 4) is 0 Å². The van der Waals surface area contributed by atoms with Gasteiger partial charge in [0.25, 0.3) is 0 Å². The minimum atomic E-state index is 0.430. The third-order valence-corrected chi connectivity index (χ3v) is 3.09. The van der Waals surface area contributed by atoms with E-state index in [1.807, 2.05) is 6.20 Å². The molecule has 2 N–H and O–H groups in total. The Bertz CT molecular complexity index is 325. The summed E-state index contributed by atoms with van der Waals surface area (Å²) < 4.78 is 2.08. The maximum absolute atomic E-state index is 5.56. The Morgan fingerprint density at radius 3 is 3.07 bits per heavy atom. The van der Waals surface area contributed by atoms with Crippen molar-refractivity contribution in [3.05, 3.63) is 17.5 Å². The van der Waals surface area contributed by atoms with Gasteiger partial charge in [0, 0.05) is 12.2 Å². The average Bonchev–Trinajstić information content (AvgIpc) is 2.47. The van der Waals surface area contributed by atoms with Gasteiger partial charge in [-0.2, -0.15) is 5.10 Å². The molecular weight excluding hydrogens is 174 g/mol. The molecule has 0 atom stereocenters. The van der Waals surface area contributed by atoms with Crippen LogP contribution in [-0.2, 0) is 19.4 Å². The van der Waals surface area contributed by atoms with Crippen LogP contribution in [0.15, 0.2) is 6.20 Å². The quantitative estimate of drug-likeness (QED) is 0.770. The van der Waals surface area contributed by atoms with E-state index in [4.69, 9.17) is 5.73 Å². The molecule has 0 unspecified atom stereocenters. The van der Waals surface area contributed by atoms with Crippen LogP contribution in [0, 0.1) is 5.41 Å². The number of aromatic nitrogens is 2. The number of hydrogen-bond acceptors (Lipinski definition) is 2. The second-order valence-corrected chi connectivity index (χ2v) is 4.97. The van der Waals surface area contributed by atoms with Crippen molar-refractivity contribution in [2.24, 2.45) is 11.1 Å². The molecule has 14 heavy (non-hydrogen) atoms. The van der Waals surface area contributed by atoms with Gasteiger partial charge in [0.1, 0.15) is 0 Å². The predicted octanol–water partition coefficient (Wildman–Crippen LogP) is 1.36. The van der Waals surface area contributed by atoms with Crippen molar-refractivity contribution in [1.82, 2.24) is 9.78 Å². The van der Waals surface area contributed by atoms with Crippen molar-refractivity contribution in [3.63, 3.8) is 0 Å². The first kappa shape index (κ1) is 9.71. The van der Waals surface area contributed by atoms with Crippen LogP contribution in [-0.4, -0.2) is 16.3 Å². The lowest BCUT2D eigenvalue weighted by molar-refractivity contribution is 0.304. The van der Waals surface area contributed by atoms with Crippen LogP contribution in [0.25, 0.3) is 0 Å². The first-order valence-corrected chi connectivity index (χ1v) is 5.36. The first-order valence-electron chi connectivity index (χ1n) is 5.36. The van der Waals surface area contributed by atoms with Crippen LogP contribution < -0.4 is 5.73 Å². The average molecular weight is 193 g/mol. The summed E-state index contributed by atoms with van der Waals surface area (Å²) in [6.07, 6.45) is 5.60. The molecule has 0 saturated heterocycles. The summed E-state index contributed by atoms with van der Waals surface area (Å²) in [5.41, 5.74) is 8.83. The Morgan fingerprint density at radius 2 is 2.36 bits per heavy atom. The Hall–Kier alpha value is -0.830. The molecule has 0 bridgehead atoms. The molecule has 1 aliphatic rings. The largest absolute Gasteiger partial charge is 0.329 e. The molecule has 0 aromatic carbocycles. The van der Waals surface area contributed by atoms with Crippen LogP contribution in [0.2, 0.25) is 0 Å². The van der Waals surface area contributed by atoms with Gasteiger partial charge in [-0.1, -0.05) is 13.8 Å². The molecule has 2 rings (SSSR count). The van der Waals surface area contributed by atoms with E-state index in [2.05, 4.69) is 23.6 Å². The lowest BCUT2D eigenvalue weighted by Gasteiger charge is -2.29. The molecule has 1 aliphatic carbocycles. The van der Waals surface area contributed by atoms with Gasteiger partial charge in [-0.15, -0.1) is 0 Å². The lowest BCUT2D eigenvalue weighted by Crippen LogP contribution is -2.25. The van der Waals surface area contributed by atoms with Gasteiger partial charge in [-0.25, -0.2) is 0 Å². The smallest absolute Gasteiger partial charge is 0.0535 e. The van der Waals surface area contributed by atoms with Crippen LogP contribution in [0.4, 0.5) is 0 Å². The van der Waals surface area contributed by atoms with E-state index in [-0.39, 0.29) is 0 Å². The van der Waals surface area contributed by atoms with Gasteiger partial charge in [-0.3, -0.25) is 4.68 Å². The van der Waals surface area contributed by atoms with E-state index in [1.165, 1.54) is 24.1 Å². The fourth-order valence-electron chi connectivity index (χ4n) is 2.19. The molecule has 0 radical (unpaired) electrons. The standard InChI is InChI=1S/C11H19N3/c1-11(2)4-3-9-8-13-14(6-5-12)10(9)7-11/h8H,3-7,12H2,1-2H3. The number of hydrogen-bond donors (Lipinski definition) is 1. The Labute approximate surface area is 85.3 Å². The molecule has 1 aromatic heterocycles. The van der Waals surface area contributed by atoms with Gasteiger partial charge in [0.05, 0.1) is 12.7 Å². The molecule has 0 saturated carbocycles. The minimum Gasteiger partial charge on any atom is -0.329 e. The third kappa shape index (κ3) is 1.69. The fourth-order valence-corrected chi connectivity index (χ4v) is 2.19. The molecule has 0 fully saturated rings. The predicted molar refractivity (Wildman–Crippen MR) is 57.1 cm³/mol. The van der Waals surface area contributed by atoms with Crippen LogP contribution >= 0.6 is 0 Å². The highest BCUT2D eigenvalue weighted by Crippen LogP contribution is 2.34. The summed E-state index contributed by atoms with van der Waals surface area (Å²) >= 11 is 0. The second-order valence-electron chi connectivity index (χ2n) is 4.97. The number of aryl methyl sites for hydroxylation is 1. The molecule has 0 amide bonds. The minimum absolute atomic E-state index is 0.430. The summed E-state index contributed by atoms with van der Waals surface area (Å²) in [5.74, 6) is 0. The summed E-state index contributed by atoms with van der Waals surface area (Å²) in [5, 5.41) is 4.39. The molecule has 1 heterocycles. The summed E-state index contributed by atoms with van der Waals surface area (Å²) in [6, 6.07) is 0. The molecule has 0 aliphatic heterocycles. The molecule has 78 valence electrons. The third-order valence-electron chi connectivity index (χ3n) is 3.09. The highest BCUT2D eigenvalue weighted by molar-refractivity contribution is 5.22. The van der Waals surface area contributed by atoms with Crippen LogP contribution in [0.3, 0.4) is 0 Å². The van der Waals surface area contributed by atoms with Gasteiger partial charge in [0.15, 0.2) is 0 Å². The van der Waals surface area contributed by atoms with Gasteiger partial charge >= 0.3 is 0 Å². The van der Waals surface area contributed by atoms with Gasteiger partial charge < -0.3 is 5.73 Å². The highest BCUT2D eigenvalue weighted by Gasteiger charge is 2.27. The van der Waals surface area contributed by atoms with Crippen molar-refractivity contribution in [2.75, 3.05) is 6.54 Å². The van der Waals surface area contributed by atoms with Crippen molar-refractivity contribution >= 4 is 0 Å². The summed E-state index contributed by atoms with van der Waals surface area (Å²) in [4.78, 5) is 0. The number of fused-ring (bicyclic) bond motifs is 1. The maximum atomic E-state index is 5.56. The van der Waals surface area contributed by atoms with E-state index in [0.717, 1.165) is 13.0 Å². The Morgan fingerprint density at radius 1 is 1.57 bits per heavy atom. The molecule has 1 aromatic rings. The topological polar surface area (TPSA) is 43.8 Å². The SMILES string of the molecule is CC1(C)CCc2cnn(CCN)c2C1. The van der Waals surface area contributed by atoms with Crippen LogP contribution in [0.1, 0.15) is 31.5 Å². The zero-order valence-corrected chi connectivity index (χ0v) is 9.08. The lowest BCUT2D eigenvalue weighted by atomic mass is 9.77. The number of nitrogens with zero attached hydrogens (tertiary/aromatic N) is 2. The molecular formula is C11H19N3. The second kappa shape index (κ2) is 3.39. The molecule has 0 spiro atoms. The van der Waals surface area contributed by atoms with Crippen LogP contribution in [0.5, 0.6) is 0 Å². The number of nitrogens with two attached hydrogens (primary N) is 1. The fraction of sp³-hybridized carbons (Fsp3) is 0.727. The van der Waals surface area contributed by atoms with Crippen molar-refractivity contribution in [2.45, 2.75) is 39.7 Å². The van der Waals surface area contributed by atoms with Crippen molar-refractivity contribution in [1.29, 1.82) is 0 Å². The van der Waals surface area contributed by atoms with Gasteiger partial charge in [-0.05, 0) is 30.2 Å². The zero-order chi connectivity index (χ0) is 10.2. The highest BCUT2D eigenvalue weighted by atomic mass is 15.3. The van der Waals surface area contributed by atoms with Crippen molar-refractivity contribution < 1.29 is 0 Å². The monoisotopic (exact) mass is 193 g/mol. The normalized spacial score (nSPS) is 19.4. The summed E-state index contributed by atoms with van der Waals surface area (Å²) in [6.45, 7) is 6.19. The van der Waals surface area contributed by atoms with E-state index in [0.29, 0.717) is 12.0 Å². The Kier molecular flexibility index (Phi) is 2.35. The van der Waals surface area contributed by atoms with E-state index >= 15 is 0 Å². The maximum Gasteiger partial charge on any atom is 0.0535 e. The number of rotatable bonds is 2. The molecule has 3 nitrogen and oxygen atoms in total. The van der Waals surface area contributed by atoms with E-state index < -0.39 is 0 Å². The Balaban J connectivity index is 2.28. The van der Waals surface area contributed by atoms with Gasteiger partial charge in [0.2, 0.25) is 0 Å². The molecule has 3 heteroatoms. The van der Waals surface area contributed by atoms with E-state index in [1.54, 1.807) is 0 Å². The zero-order valence-electron chi connectivity index (χ0n) is 9.08. The first-order chi connectivity index (χ1) is 6.62. The van der Waals surface area contributed by atoms with E-state index in [9.17, 15) is 0 Å². The summed E-state index contributed by atoms with van der Waals surface area (Å²) in [7, 11) is 0.